The van der Waals surface area contributed by atoms with E-state index >= 15 is 0 Å². The van der Waals surface area contributed by atoms with Gasteiger partial charge in [-0.15, -0.1) is 0 Å². The van der Waals surface area contributed by atoms with Crippen molar-refractivity contribution in [1.82, 2.24) is 5.32 Å². The lowest BCUT2D eigenvalue weighted by Gasteiger charge is -2.43. The Hall–Kier alpha value is -0.570. The third kappa shape index (κ3) is 1.70. The fourth-order valence-electron chi connectivity index (χ4n) is 2.70. The standard InChI is InChI=1S/C10H18N2O/c1-12-6-3-2-4-9(12)8-10(13)11-5-7-12/h9H,2-8H2,1H3/p+1/t9-,12-/m1/s1. The van der Waals surface area contributed by atoms with Gasteiger partial charge in [0.15, 0.2) is 0 Å². The maximum absolute atomic E-state index is 11.4. The van der Waals surface area contributed by atoms with Gasteiger partial charge in [0.05, 0.1) is 39.1 Å². The highest BCUT2D eigenvalue weighted by molar-refractivity contribution is 5.76. The zero-order valence-electron chi connectivity index (χ0n) is 8.38. The van der Waals surface area contributed by atoms with Crippen molar-refractivity contribution < 1.29 is 9.28 Å². The number of nitrogens with zero attached hydrogens (tertiary/aromatic N) is 1. The molecule has 0 unspecified atom stereocenters. The van der Waals surface area contributed by atoms with Crippen LogP contribution in [0, 0.1) is 0 Å². The van der Waals surface area contributed by atoms with Crippen molar-refractivity contribution in [3.8, 4) is 0 Å². The predicted molar refractivity (Wildman–Crippen MR) is 51.2 cm³/mol. The molecule has 2 aliphatic heterocycles. The van der Waals surface area contributed by atoms with Crippen molar-refractivity contribution in [2.75, 3.05) is 26.7 Å². The molecule has 1 amide bonds. The molecule has 0 saturated carbocycles. The van der Waals surface area contributed by atoms with Crippen LogP contribution in [0.15, 0.2) is 0 Å². The van der Waals surface area contributed by atoms with Crippen LogP contribution in [0.5, 0.6) is 0 Å². The lowest BCUT2D eigenvalue weighted by molar-refractivity contribution is -0.935. The number of nitrogens with one attached hydrogen (secondary N) is 1. The van der Waals surface area contributed by atoms with Gasteiger partial charge in [-0.2, -0.15) is 0 Å². The molecule has 2 fully saturated rings. The van der Waals surface area contributed by atoms with E-state index in [-0.39, 0.29) is 5.91 Å². The number of quaternary nitrogens is 1. The minimum Gasteiger partial charge on any atom is -0.350 e. The summed E-state index contributed by atoms with van der Waals surface area (Å²) in [5, 5.41) is 2.97. The summed E-state index contributed by atoms with van der Waals surface area (Å²) < 4.78 is 1.12. The summed E-state index contributed by atoms with van der Waals surface area (Å²) in [4.78, 5) is 11.4. The monoisotopic (exact) mass is 183 g/mol. The molecule has 13 heavy (non-hydrogen) atoms. The van der Waals surface area contributed by atoms with Gasteiger partial charge in [-0.05, 0) is 12.8 Å². The van der Waals surface area contributed by atoms with Crippen LogP contribution in [0.1, 0.15) is 25.7 Å². The van der Waals surface area contributed by atoms with Crippen molar-refractivity contribution in [1.29, 1.82) is 0 Å². The number of piperidine rings is 1. The van der Waals surface area contributed by atoms with E-state index in [0.717, 1.165) is 24.0 Å². The normalized spacial score (nSPS) is 40.4. The molecular formula is C10H19N2O+. The third-order valence-electron chi connectivity index (χ3n) is 3.70. The largest absolute Gasteiger partial charge is 0.350 e. The molecule has 2 heterocycles. The molecule has 0 aromatic rings. The van der Waals surface area contributed by atoms with Crippen LogP contribution in [0.2, 0.25) is 0 Å². The highest BCUT2D eigenvalue weighted by atomic mass is 16.1. The van der Waals surface area contributed by atoms with Gasteiger partial charge in [-0.3, -0.25) is 4.79 Å². The van der Waals surface area contributed by atoms with Crippen LogP contribution in [-0.2, 0) is 4.79 Å². The zero-order chi connectivity index (χ0) is 9.31. The molecule has 3 heteroatoms. The highest BCUT2D eigenvalue weighted by Crippen LogP contribution is 2.26. The van der Waals surface area contributed by atoms with Crippen LogP contribution in [0.25, 0.3) is 0 Å². The topological polar surface area (TPSA) is 29.1 Å². The van der Waals surface area contributed by atoms with Crippen LogP contribution in [-0.4, -0.2) is 43.1 Å². The summed E-state index contributed by atoms with van der Waals surface area (Å²) in [6.45, 7) is 3.25. The molecule has 3 nitrogen and oxygen atoms in total. The second kappa shape index (κ2) is 3.29. The molecule has 0 spiro atoms. The van der Waals surface area contributed by atoms with Crippen molar-refractivity contribution in [2.45, 2.75) is 31.7 Å². The zero-order valence-corrected chi connectivity index (χ0v) is 8.38. The molecule has 2 aliphatic rings. The van der Waals surface area contributed by atoms with E-state index in [2.05, 4.69) is 12.4 Å². The van der Waals surface area contributed by atoms with Gasteiger partial charge >= 0.3 is 0 Å². The molecule has 74 valence electrons. The minimum atomic E-state index is 0.258. The number of amides is 1. The average Bonchev–Trinajstić information content (AvgIpc) is 2.23. The molecule has 0 aliphatic carbocycles. The van der Waals surface area contributed by atoms with Crippen LogP contribution in [0.3, 0.4) is 0 Å². The quantitative estimate of drug-likeness (QED) is 0.545. The van der Waals surface area contributed by atoms with E-state index in [4.69, 9.17) is 0 Å². The van der Waals surface area contributed by atoms with Gasteiger partial charge < -0.3 is 9.80 Å². The minimum absolute atomic E-state index is 0.258. The van der Waals surface area contributed by atoms with Crippen molar-refractivity contribution in [3.05, 3.63) is 0 Å². The van der Waals surface area contributed by atoms with E-state index in [0.29, 0.717) is 6.04 Å². The Bertz CT molecular complexity index is 217. The van der Waals surface area contributed by atoms with Gasteiger partial charge in [-0.1, -0.05) is 0 Å². The van der Waals surface area contributed by atoms with Gasteiger partial charge in [0, 0.05) is 6.42 Å². The summed E-state index contributed by atoms with van der Waals surface area (Å²) in [5.74, 6) is 0.258. The number of likely N-dealkylation sites (N-methyl/N-ethyl adjacent to an activating group) is 1. The number of rotatable bonds is 0. The van der Waals surface area contributed by atoms with Crippen molar-refractivity contribution in [3.63, 3.8) is 0 Å². The third-order valence-corrected chi connectivity index (χ3v) is 3.70. The van der Waals surface area contributed by atoms with E-state index < -0.39 is 0 Å². The van der Waals surface area contributed by atoms with E-state index in [9.17, 15) is 4.79 Å². The Morgan fingerprint density at radius 1 is 1.38 bits per heavy atom. The van der Waals surface area contributed by atoms with Crippen LogP contribution in [0.4, 0.5) is 0 Å². The molecule has 2 atom stereocenters. The molecule has 2 saturated heterocycles. The number of hydrogen-bond donors (Lipinski definition) is 1. The Labute approximate surface area is 79.7 Å². The summed E-state index contributed by atoms with van der Waals surface area (Å²) in [6.07, 6.45) is 4.63. The molecule has 0 aromatic heterocycles. The van der Waals surface area contributed by atoms with Gasteiger partial charge in [0.2, 0.25) is 5.91 Å². The first-order chi connectivity index (χ1) is 6.21. The molecular weight excluding hydrogens is 164 g/mol. The number of carbonyl (C=O) groups is 1. The van der Waals surface area contributed by atoms with E-state index in [1.54, 1.807) is 0 Å². The first-order valence-corrected chi connectivity index (χ1v) is 5.32. The number of hydrogen-bond acceptors (Lipinski definition) is 1. The first kappa shape index (κ1) is 9.00. The summed E-state index contributed by atoms with van der Waals surface area (Å²) in [6, 6.07) is 0.594. The second-order valence-corrected chi connectivity index (χ2v) is 4.63. The maximum Gasteiger partial charge on any atom is 0.226 e. The SMILES string of the molecule is C[N@+]12CCCC[C@@H]1CC(=O)NCC2. The van der Waals surface area contributed by atoms with Gasteiger partial charge in [-0.25, -0.2) is 0 Å². The summed E-state index contributed by atoms with van der Waals surface area (Å²) >= 11 is 0. The molecule has 1 N–H and O–H groups in total. The van der Waals surface area contributed by atoms with Crippen molar-refractivity contribution >= 4 is 5.91 Å². The Balaban J connectivity index is 2.13. The Kier molecular flexibility index (Phi) is 2.28. The molecule has 0 aromatic carbocycles. The Morgan fingerprint density at radius 2 is 2.23 bits per heavy atom. The molecule has 2 rings (SSSR count). The fraction of sp³-hybridized carbons (Fsp3) is 0.900. The second-order valence-electron chi connectivity index (χ2n) is 4.63. The lowest BCUT2D eigenvalue weighted by atomic mass is 9.97. The molecule has 0 radical (unpaired) electrons. The Morgan fingerprint density at radius 3 is 3.08 bits per heavy atom. The van der Waals surface area contributed by atoms with Crippen molar-refractivity contribution in [2.24, 2.45) is 0 Å². The van der Waals surface area contributed by atoms with Gasteiger partial charge in [0.25, 0.3) is 0 Å². The van der Waals surface area contributed by atoms with E-state index in [1.807, 2.05) is 0 Å². The lowest BCUT2D eigenvalue weighted by Crippen LogP contribution is -2.55. The molecule has 0 bridgehead atoms. The summed E-state index contributed by atoms with van der Waals surface area (Å²) in [5.41, 5.74) is 0. The highest BCUT2D eigenvalue weighted by Gasteiger charge is 2.38. The van der Waals surface area contributed by atoms with E-state index in [1.165, 1.54) is 25.8 Å². The first-order valence-electron chi connectivity index (χ1n) is 5.32. The fourth-order valence-corrected chi connectivity index (χ4v) is 2.70. The van der Waals surface area contributed by atoms with Crippen LogP contribution < -0.4 is 5.32 Å². The number of fused-ring (bicyclic) bond motifs is 1. The number of carbonyl (C=O) groups excluding carboxylic acids is 1. The van der Waals surface area contributed by atoms with Gasteiger partial charge in [0.1, 0.15) is 0 Å². The smallest absolute Gasteiger partial charge is 0.226 e. The average molecular weight is 183 g/mol. The predicted octanol–water partition coefficient (Wildman–Crippen LogP) is 0.505. The maximum atomic E-state index is 11.4. The van der Waals surface area contributed by atoms with Crippen LogP contribution >= 0.6 is 0 Å². The summed E-state index contributed by atoms with van der Waals surface area (Å²) in [7, 11) is 2.31.